The summed E-state index contributed by atoms with van der Waals surface area (Å²) in [7, 11) is 0. The maximum Gasteiger partial charge on any atom is 0.234 e. The monoisotopic (exact) mass is 458 g/mol. The molecule has 0 N–H and O–H groups in total. The minimum atomic E-state index is -0.449. The van der Waals surface area contributed by atoms with E-state index in [-0.39, 0.29) is 18.0 Å². The third-order valence-corrected chi connectivity index (χ3v) is 7.64. The summed E-state index contributed by atoms with van der Waals surface area (Å²) < 4.78 is 1.82. The zero-order chi connectivity index (χ0) is 20.8. The van der Waals surface area contributed by atoms with Gasteiger partial charge in [0.05, 0.1) is 28.3 Å². The van der Waals surface area contributed by atoms with Crippen LogP contribution in [0, 0.1) is 5.92 Å². The Morgan fingerprint density at radius 1 is 1.20 bits per heavy atom. The Morgan fingerprint density at radius 3 is 2.83 bits per heavy atom. The van der Waals surface area contributed by atoms with Crippen molar-refractivity contribution in [1.29, 1.82) is 0 Å². The van der Waals surface area contributed by atoms with Crippen LogP contribution in [-0.4, -0.2) is 32.8 Å². The first-order valence-electron chi connectivity index (χ1n) is 9.92. The van der Waals surface area contributed by atoms with Gasteiger partial charge in [-0.15, -0.1) is 11.3 Å². The lowest BCUT2D eigenvalue weighted by molar-refractivity contribution is -0.135. The Balaban J connectivity index is 1.58. The van der Waals surface area contributed by atoms with E-state index in [1.807, 2.05) is 40.8 Å². The molecule has 2 aromatic heterocycles. The molecule has 154 valence electrons. The van der Waals surface area contributed by atoms with Crippen molar-refractivity contribution in [3.05, 3.63) is 68.5 Å². The molecule has 0 radical (unpaired) electrons. The molecule has 5 nitrogen and oxygen atoms in total. The number of rotatable bonds is 3. The fourth-order valence-corrected chi connectivity index (χ4v) is 5.74. The van der Waals surface area contributed by atoms with E-state index >= 15 is 0 Å². The van der Waals surface area contributed by atoms with Crippen molar-refractivity contribution in [2.45, 2.75) is 31.8 Å². The SMILES string of the molecule is CC1=Nc2ccnn2C(c2ccc(Cl)c(Cl)c2)C1C(=O)N1CCCC1c1cccs1. The van der Waals surface area contributed by atoms with Gasteiger partial charge in [0.25, 0.3) is 0 Å². The number of carbonyl (C=O) groups is 1. The molecule has 8 heteroatoms. The summed E-state index contributed by atoms with van der Waals surface area (Å²) in [5.74, 6) is 0.378. The van der Waals surface area contributed by atoms with Gasteiger partial charge in [-0.25, -0.2) is 9.67 Å². The van der Waals surface area contributed by atoms with Gasteiger partial charge in [0.2, 0.25) is 5.91 Å². The molecule has 30 heavy (non-hydrogen) atoms. The van der Waals surface area contributed by atoms with Crippen LogP contribution in [0.5, 0.6) is 0 Å². The molecule has 3 atom stereocenters. The summed E-state index contributed by atoms with van der Waals surface area (Å²) in [6.07, 6.45) is 3.70. The van der Waals surface area contributed by atoms with Crippen molar-refractivity contribution in [3.63, 3.8) is 0 Å². The van der Waals surface area contributed by atoms with Gasteiger partial charge in [-0.05, 0) is 48.9 Å². The highest BCUT2D eigenvalue weighted by atomic mass is 35.5. The molecule has 0 bridgehead atoms. The van der Waals surface area contributed by atoms with Gasteiger partial charge in [-0.1, -0.05) is 35.3 Å². The summed E-state index contributed by atoms with van der Waals surface area (Å²) in [6.45, 7) is 2.69. The summed E-state index contributed by atoms with van der Waals surface area (Å²) in [5.41, 5.74) is 1.69. The van der Waals surface area contributed by atoms with Crippen molar-refractivity contribution in [1.82, 2.24) is 14.7 Å². The first kappa shape index (κ1) is 19.8. The Labute approximate surface area is 188 Å². The number of likely N-dealkylation sites (tertiary alicyclic amines) is 1. The van der Waals surface area contributed by atoms with Crippen LogP contribution < -0.4 is 0 Å². The highest BCUT2D eigenvalue weighted by Gasteiger charge is 2.43. The van der Waals surface area contributed by atoms with Crippen LogP contribution in [0.4, 0.5) is 5.82 Å². The molecule has 2 aliphatic heterocycles. The smallest absolute Gasteiger partial charge is 0.234 e. The van der Waals surface area contributed by atoms with Crippen LogP contribution in [0.15, 0.2) is 53.0 Å². The van der Waals surface area contributed by atoms with Crippen LogP contribution in [0.1, 0.15) is 42.3 Å². The Bertz CT molecular complexity index is 1120. The molecular formula is C22H20Cl2N4OS. The average molecular weight is 459 g/mol. The number of halogens is 2. The molecule has 1 fully saturated rings. The lowest BCUT2D eigenvalue weighted by atomic mass is 9.87. The molecular weight excluding hydrogens is 439 g/mol. The average Bonchev–Trinajstić information content (AvgIpc) is 3.49. The predicted octanol–water partition coefficient (Wildman–Crippen LogP) is 5.93. The predicted molar refractivity (Wildman–Crippen MR) is 121 cm³/mol. The van der Waals surface area contributed by atoms with Gasteiger partial charge in [0.15, 0.2) is 5.82 Å². The van der Waals surface area contributed by atoms with E-state index in [0.717, 1.165) is 36.5 Å². The molecule has 3 aromatic rings. The van der Waals surface area contributed by atoms with Crippen molar-refractivity contribution in [2.24, 2.45) is 10.9 Å². The van der Waals surface area contributed by atoms with Crippen molar-refractivity contribution in [3.8, 4) is 0 Å². The van der Waals surface area contributed by atoms with E-state index in [1.54, 1.807) is 23.6 Å². The Hall–Kier alpha value is -2.15. The molecule has 1 saturated heterocycles. The highest BCUT2D eigenvalue weighted by molar-refractivity contribution is 7.10. The van der Waals surface area contributed by atoms with Gasteiger partial charge in [0.1, 0.15) is 5.92 Å². The number of benzene rings is 1. The first-order valence-corrected chi connectivity index (χ1v) is 11.6. The van der Waals surface area contributed by atoms with Gasteiger partial charge in [-0.3, -0.25) is 4.79 Å². The maximum atomic E-state index is 13.9. The number of carbonyl (C=O) groups excluding carboxylic acids is 1. The second-order valence-corrected chi connectivity index (χ2v) is 9.48. The second-order valence-electron chi connectivity index (χ2n) is 7.69. The largest absolute Gasteiger partial charge is 0.334 e. The molecule has 3 unspecified atom stereocenters. The van der Waals surface area contributed by atoms with E-state index in [2.05, 4.69) is 16.5 Å². The number of nitrogens with zero attached hydrogens (tertiary/aromatic N) is 4. The first-order chi connectivity index (χ1) is 14.5. The maximum absolute atomic E-state index is 13.9. The fraction of sp³-hybridized carbons (Fsp3) is 0.318. The van der Waals surface area contributed by atoms with Crippen molar-refractivity contribution in [2.75, 3.05) is 6.54 Å². The van der Waals surface area contributed by atoms with Gasteiger partial charge >= 0.3 is 0 Å². The minimum Gasteiger partial charge on any atom is -0.334 e. The lowest BCUT2D eigenvalue weighted by Crippen LogP contribution is -2.44. The number of amides is 1. The van der Waals surface area contributed by atoms with E-state index in [4.69, 9.17) is 28.2 Å². The third-order valence-electron chi connectivity index (χ3n) is 5.93. The summed E-state index contributed by atoms with van der Waals surface area (Å²) in [6, 6.07) is 11.4. The quantitative estimate of drug-likeness (QED) is 0.488. The van der Waals surface area contributed by atoms with Crippen LogP contribution in [0.25, 0.3) is 0 Å². The molecule has 4 heterocycles. The lowest BCUT2D eigenvalue weighted by Gasteiger charge is -2.35. The summed E-state index contributed by atoms with van der Waals surface area (Å²) in [4.78, 5) is 21.9. The number of hydrogen-bond donors (Lipinski definition) is 0. The molecule has 0 spiro atoms. The summed E-state index contributed by atoms with van der Waals surface area (Å²) in [5, 5.41) is 7.51. The van der Waals surface area contributed by atoms with Gasteiger partial charge in [-0.2, -0.15) is 5.10 Å². The van der Waals surface area contributed by atoms with Gasteiger partial charge < -0.3 is 4.90 Å². The molecule has 0 aliphatic carbocycles. The van der Waals surface area contributed by atoms with E-state index in [9.17, 15) is 4.79 Å². The van der Waals surface area contributed by atoms with Gasteiger partial charge in [0, 0.05) is 23.2 Å². The summed E-state index contributed by atoms with van der Waals surface area (Å²) >= 11 is 14.2. The van der Waals surface area contributed by atoms with Crippen molar-refractivity contribution < 1.29 is 4.79 Å². The van der Waals surface area contributed by atoms with Crippen LogP contribution >= 0.6 is 34.5 Å². The second kappa shape index (κ2) is 7.84. The number of hydrogen-bond acceptors (Lipinski definition) is 4. The zero-order valence-electron chi connectivity index (χ0n) is 16.3. The highest BCUT2D eigenvalue weighted by Crippen LogP contribution is 2.42. The molecule has 0 saturated carbocycles. The van der Waals surface area contributed by atoms with Crippen molar-refractivity contribution >= 4 is 52.0 Å². The molecule has 1 aromatic carbocycles. The normalized spacial score (nSPS) is 23.4. The number of thiophene rings is 1. The van der Waals surface area contributed by atoms with Crippen LogP contribution in [-0.2, 0) is 4.79 Å². The van der Waals surface area contributed by atoms with Crippen LogP contribution in [0.2, 0.25) is 10.0 Å². The standard InChI is InChI=1S/C22H20Cl2N4OS/c1-13-20(22(29)27-10-2-4-17(27)18-5-3-11-30-18)21(28-19(26-13)8-9-25-28)14-6-7-15(23)16(24)12-14/h3,5-9,11-12,17,20-21H,2,4,10H2,1H3. The number of aliphatic imine (C=N–C) groups is 1. The fourth-order valence-electron chi connectivity index (χ4n) is 4.56. The zero-order valence-corrected chi connectivity index (χ0v) is 18.7. The van der Waals surface area contributed by atoms with Crippen LogP contribution in [0.3, 0.4) is 0 Å². The third kappa shape index (κ3) is 3.27. The number of fused-ring (bicyclic) bond motifs is 1. The van der Waals surface area contributed by atoms with E-state index in [1.165, 1.54) is 4.88 Å². The Morgan fingerprint density at radius 2 is 2.07 bits per heavy atom. The minimum absolute atomic E-state index is 0.0874. The molecule has 5 rings (SSSR count). The molecule has 1 amide bonds. The van der Waals surface area contributed by atoms with E-state index < -0.39 is 5.92 Å². The van der Waals surface area contributed by atoms with E-state index in [0.29, 0.717) is 10.0 Å². The Kier molecular flexibility index (Phi) is 5.17. The topological polar surface area (TPSA) is 50.5 Å². The number of aromatic nitrogens is 2. The molecule has 2 aliphatic rings.